The number of rotatable bonds is 4. The predicted molar refractivity (Wildman–Crippen MR) is 237 cm³/mol. The molecule has 0 fully saturated rings. The first-order chi connectivity index (χ1) is 27.7. The number of nitrogens with zero attached hydrogens (tertiary/aromatic N) is 2. The van der Waals surface area contributed by atoms with E-state index in [4.69, 9.17) is 9.97 Å². The molecule has 0 atom stereocenters. The lowest BCUT2D eigenvalue weighted by atomic mass is 9.88. The molecule has 0 radical (unpaired) electrons. The number of hydrogen-bond acceptors (Lipinski definition) is 3. The molecule has 0 unspecified atom stereocenters. The van der Waals surface area contributed by atoms with Crippen LogP contribution >= 0.6 is 11.3 Å². The SMILES string of the molecule is c1ccc(-c2ccc3ccc4ccc(-c5cccc(-c6cc7c(c8ccccc68)Cc6cccc(-c8cccc9c8sc8ccccc89)c6-7)c5)nc4c3n2)cc1. The summed E-state index contributed by atoms with van der Waals surface area (Å²) >= 11 is 1.90. The molecule has 0 aliphatic heterocycles. The summed E-state index contributed by atoms with van der Waals surface area (Å²) in [6, 6.07) is 66.1. The van der Waals surface area contributed by atoms with Crippen LogP contribution < -0.4 is 0 Å². The zero-order valence-electron chi connectivity index (χ0n) is 30.3. The van der Waals surface area contributed by atoms with Crippen molar-refractivity contribution in [3.05, 3.63) is 193 Å². The molecule has 3 aromatic heterocycles. The maximum Gasteiger partial charge on any atom is 0.0972 e. The van der Waals surface area contributed by atoms with Crippen LogP contribution in [-0.2, 0) is 6.42 Å². The molecule has 0 bridgehead atoms. The van der Waals surface area contributed by atoms with E-state index >= 15 is 0 Å². The van der Waals surface area contributed by atoms with Crippen molar-refractivity contribution >= 4 is 64.1 Å². The Kier molecular flexibility index (Phi) is 6.89. The second kappa shape index (κ2) is 12.3. The smallest absolute Gasteiger partial charge is 0.0972 e. The Labute approximate surface area is 328 Å². The average Bonchev–Trinajstić information content (AvgIpc) is 3.85. The van der Waals surface area contributed by atoms with E-state index in [0.29, 0.717) is 0 Å². The maximum atomic E-state index is 5.32. The highest BCUT2D eigenvalue weighted by atomic mass is 32.1. The predicted octanol–water partition coefficient (Wildman–Crippen LogP) is 14.5. The Balaban J connectivity index is 1.02. The number of fused-ring (bicyclic) bond motifs is 11. The minimum Gasteiger partial charge on any atom is -0.245 e. The van der Waals surface area contributed by atoms with Crippen molar-refractivity contribution in [3.8, 4) is 55.9 Å². The van der Waals surface area contributed by atoms with E-state index in [1.54, 1.807) is 0 Å². The first-order valence-electron chi connectivity index (χ1n) is 19.2. The van der Waals surface area contributed by atoms with Crippen LogP contribution in [-0.4, -0.2) is 9.97 Å². The number of aromatic nitrogens is 2. The lowest BCUT2D eigenvalue weighted by Crippen LogP contribution is -1.92. The van der Waals surface area contributed by atoms with Gasteiger partial charge in [-0.1, -0.05) is 152 Å². The van der Waals surface area contributed by atoms with Gasteiger partial charge in [0.1, 0.15) is 0 Å². The van der Waals surface area contributed by atoms with Gasteiger partial charge >= 0.3 is 0 Å². The topological polar surface area (TPSA) is 25.8 Å². The van der Waals surface area contributed by atoms with E-state index < -0.39 is 0 Å². The Morgan fingerprint density at radius 1 is 0.393 bits per heavy atom. The van der Waals surface area contributed by atoms with Crippen molar-refractivity contribution < 1.29 is 0 Å². The molecular formula is C53H32N2S. The molecule has 1 aliphatic rings. The van der Waals surface area contributed by atoms with Crippen LogP contribution in [0.4, 0.5) is 0 Å². The molecule has 11 aromatic rings. The van der Waals surface area contributed by atoms with Crippen LogP contribution in [0.2, 0.25) is 0 Å². The quantitative estimate of drug-likeness (QED) is 0.169. The molecular weight excluding hydrogens is 697 g/mol. The fourth-order valence-corrected chi connectivity index (χ4v) is 10.3. The van der Waals surface area contributed by atoms with Crippen LogP contribution in [0.15, 0.2) is 182 Å². The summed E-state index contributed by atoms with van der Waals surface area (Å²) in [6.07, 6.45) is 0.927. The van der Waals surface area contributed by atoms with Gasteiger partial charge in [-0.3, -0.25) is 0 Å². The monoisotopic (exact) mass is 728 g/mol. The van der Waals surface area contributed by atoms with Crippen LogP contribution in [0.25, 0.3) is 109 Å². The van der Waals surface area contributed by atoms with Gasteiger partial charge in [0.25, 0.3) is 0 Å². The van der Waals surface area contributed by atoms with Gasteiger partial charge in [0, 0.05) is 47.6 Å². The summed E-state index contributed by atoms with van der Waals surface area (Å²) in [5, 5.41) is 7.43. The third-order valence-electron chi connectivity index (χ3n) is 11.7. The molecule has 8 aromatic carbocycles. The molecule has 260 valence electrons. The average molecular weight is 729 g/mol. The first-order valence-corrected chi connectivity index (χ1v) is 20.0. The minimum atomic E-state index is 0.920. The molecule has 56 heavy (non-hydrogen) atoms. The van der Waals surface area contributed by atoms with Crippen molar-refractivity contribution in [2.24, 2.45) is 0 Å². The van der Waals surface area contributed by atoms with Gasteiger partial charge in [0.05, 0.1) is 22.4 Å². The summed E-state index contributed by atoms with van der Waals surface area (Å²) in [5.41, 5.74) is 16.5. The van der Waals surface area contributed by atoms with E-state index in [2.05, 4.69) is 176 Å². The fraction of sp³-hybridized carbons (Fsp3) is 0.0189. The highest BCUT2D eigenvalue weighted by Crippen LogP contribution is 2.50. The molecule has 3 heterocycles. The molecule has 0 amide bonds. The largest absolute Gasteiger partial charge is 0.245 e. The third-order valence-corrected chi connectivity index (χ3v) is 12.9. The van der Waals surface area contributed by atoms with Crippen LogP contribution in [0.3, 0.4) is 0 Å². The van der Waals surface area contributed by atoms with Gasteiger partial charge in [0.2, 0.25) is 0 Å². The van der Waals surface area contributed by atoms with Crippen molar-refractivity contribution in [1.82, 2.24) is 9.97 Å². The zero-order chi connectivity index (χ0) is 36.7. The van der Waals surface area contributed by atoms with Crippen LogP contribution in [0.5, 0.6) is 0 Å². The van der Waals surface area contributed by atoms with Gasteiger partial charge in [-0.05, 0) is 86.5 Å². The number of pyridine rings is 2. The molecule has 0 N–H and O–H groups in total. The maximum absolute atomic E-state index is 5.32. The van der Waals surface area contributed by atoms with Crippen molar-refractivity contribution in [1.29, 1.82) is 0 Å². The van der Waals surface area contributed by atoms with Crippen molar-refractivity contribution in [3.63, 3.8) is 0 Å². The third kappa shape index (κ3) is 4.81. The Morgan fingerprint density at radius 2 is 1.00 bits per heavy atom. The van der Waals surface area contributed by atoms with Gasteiger partial charge < -0.3 is 0 Å². The van der Waals surface area contributed by atoms with E-state index in [-0.39, 0.29) is 0 Å². The molecule has 0 saturated carbocycles. The fourth-order valence-electron chi connectivity index (χ4n) is 9.07. The van der Waals surface area contributed by atoms with Gasteiger partial charge in [-0.15, -0.1) is 11.3 Å². The summed E-state index contributed by atoms with van der Waals surface area (Å²) in [7, 11) is 0. The summed E-state index contributed by atoms with van der Waals surface area (Å²) in [6.45, 7) is 0. The number of benzene rings is 8. The standard InChI is InChI=1S/C53H32N2S/c1-2-11-32(12-3-1)47-27-25-33-23-24-34-26-28-48(55-52(34)51(33)54-47)36-14-8-13-35(29-36)44-31-46-45(39-17-5-4-16-38(39)44)30-37-15-9-19-41(50(37)46)43-21-10-20-42-40-18-6-7-22-49(40)56-53(42)43/h1-29,31H,30H2. The van der Waals surface area contributed by atoms with E-state index in [0.717, 1.165) is 50.7 Å². The summed E-state index contributed by atoms with van der Waals surface area (Å²) < 4.78 is 2.68. The normalized spacial score (nSPS) is 12.2. The molecule has 0 saturated heterocycles. The van der Waals surface area contributed by atoms with Gasteiger partial charge in [0.15, 0.2) is 0 Å². The van der Waals surface area contributed by atoms with E-state index in [9.17, 15) is 0 Å². The minimum absolute atomic E-state index is 0.920. The molecule has 0 spiro atoms. The van der Waals surface area contributed by atoms with Crippen molar-refractivity contribution in [2.75, 3.05) is 0 Å². The number of hydrogen-bond donors (Lipinski definition) is 0. The van der Waals surface area contributed by atoms with Crippen molar-refractivity contribution in [2.45, 2.75) is 6.42 Å². The first kappa shape index (κ1) is 31.4. The second-order valence-electron chi connectivity index (χ2n) is 14.8. The molecule has 2 nitrogen and oxygen atoms in total. The Morgan fingerprint density at radius 3 is 1.82 bits per heavy atom. The number of thiophene rings is 1. The highest BCUT2D eigenvalue weighted by molar-refractivity contribution is 7.26. The zero-order valence-corrected chi connectivity index (χ0v) is 31.1. The molecule has 12 rings (SSSR count). The Hall–Kier alpha value is -6.94. The summed E-state index contributed by atoms with van der Waals surface area (Å²) in [5.74, 6) is 0. The Bertz CT molecular complexity index is 3400. The summed E-state index contributed by atoms with van der Waals surface area (Å²) in [4.78, 5) is 10.5. The molecule has 3 heteroatoms. The van der Waals surface area contributed by atoms with E-state index in [1.807, 2.05) is 17.4 Å². The second-order valence-corrected chi connectivity index (χ2v) is 15.9. The van der Waals surface area contributed by atoms with Gasteiger partial charge in [-0.25, -0.2) is 9.97 Å². The highest BCUT2D eigenvalue weighted by Gasteiger charge is 2.26. The van der Waals surface area contributed by atoms with Crippen LogP contribution in [0, 0.1) is 0 Å². The van der Waals surface area contributed by atoms with Crippen LogP contribution in [0.1, 0.15) is 11.1 Å². The molecule has 1 aliphatic carbocycles. The van der Waals surface area contributed by atoms with E-state index in [1.165, 1.54) is 75.5 Å². The lowest BCUT2D eigenvalue weighted by molar-refractivity contribution is 1.28. The van der Waals surface area contributed by atoms with Gasteiger partial charge in [-0.2, -0.15) is 0 Å². The lowest BCUT2D eigenvalue weighted by Gasteiger charge is -2.15.